The minimum atomic E-state index is -0.449. The van der Waals surface area contributed by atoms with Crippen molar-refractivity contribution in [2.45, 2.75) is 38.8 Å². The van der Waals surface area contributed by atoms with Crippen LogP contribution < -0.4 is 0 Å². The maximum atomic E-state index is 13.0. The third-order valence-corrected chi connectivity index (χ3v) is 10.2. The third kappa shape index (κ3) is 7.40. The van der Waals surface area contributed by atoms with Crippen molar-refractivity contribution in [1.82, 2.24) is 19.1 Å². The van der Waals surface area contributed by atoms with Crippen LogP contribution in [0.2, 0.25) is 10.0 Å². The standard InChI is InChI=1S/C44H36Cl2N4O4/c45-31-13-9-11-29(21-31)27-49-39-17-5-3-15-33(39)35-23-37(47-25-41(35)49)43(51)53-19-7-1-2-8-20-54-44(52)38-24-36-34-16-4-6-18-40(34)50(42(36)26-48-38)28-30-12-10-14-32(46)22-30/h3-6,9-18,21-26H,1-2,7-8,19-20,27-28H2. The summed E-state index contributed by atoms with van der Waals surface area (Å²) in [7, 11) is 0. The van der Waals surface area contributed by atoms with E-state index in [1.54, 1.807) is 12.4 Å². The highest BCUT2D eigenvalue weighted by molar-refractivity contribution is 6.31. The van der Waals surface area contributed by atoms with Crippen molar-refractivity contribution < 1.29 is 19.1 Å². The summed E-state index contributed by atoms with van der Waals surface area (Å²) >= 11 is 12.5. The quantitative estimate of drug-likeness (QED) is 0.0860. The lowest BCUT2D eigenvalue weighted by Crippen LogP contribution is -2.09. The van der Waals surface area contributed by atoms with E-state index in [1.165, 1.54) is 0 Å². The molecular weight excluding hydrogens is 719 g/mol. The molecule has 0 fully saturated rings. The minimum Gasteiger partial charge on any atom is -0.461 e. The van der Waals surface area contributed by atoms with Crippen LogP contribution in [-0.2, 0) is 22.6 Å². The lowest BCUT2D eigenvalue weighted by molar-refractivity contribution is 0.0467. The fourth-order valence-corrected chi connectivity index (χ4v) is 7.55. The van der Waals surface area contributed by atoms with Gasteiger partial charge in [0, 0.05) is 55.7 Å². The number of hydrogen-bond donors (Lipinski definition) is 0. The summed E-state index contributed by atoms with van der Waals surface area (Å²) in [6, 6.07) is 35.5. The van der Waals surface area contributed by atoms with Gasteiger partial charge in [0.1, 0.15) is 11.4 Å². The summed E-state index contributed by atoms with van der Waals surface area (Å²) < 4.78 is 15.6. The molecule has 4 heterocycles. The number of para-hydroxylation sites is 2. The Balaban J connectivity index is 0.824. The smallest absolute Gasteiger partial charge is 0.356 e. The summed E-state index contributed by atoms with van der Waals surface area (Å²) in [5, 5.41) is 5.35. The van der Waals surface area contributed by atoms with Crippen molar-refractivity contribution in [2.24, 2.45) is 0 Å². The zero-order chi connectivity index (χ0) is 37.0. The molecule has 8 nitrogen and oxygen atoms in total. The van der Waals surface area contributed by atoms with E-state index in [1.807, 2.05) is 84.9 Å². The van der Waals surface area contributed by atoms with Gasteiger partial charge in [-0.2, -0.15) is 0 Å². The maximum absolute atomic E-state index is 13.0. The molecule has 8 rings (SSSR count). The van der Waals surface area contributed by atoms with Crippen molar-refractivity contribution in [3.8, 4) is 0 Å². The summed E-state index contributed by atoms with van der Waals surface area (Å²) in [6.45, 7) is 1.81. The number of aromatic nitrogens is 4. The Morgan fingerprint density at radius 2 is 0.944 bits per heavy atom. The van der Waals surface area contributed by atoms with Crippen molar-refractivity contribution >= 4 is 78.8 Å². The van der Waals surface area contributed by atoms with E-state index in [9.17, 15) is 9.59 Å². The maximum Gasteiger partial charge on any atom is 0.356 e. The van der Waals surface area contributed by atoms with Gasteiger partial charge in [-0.1, -0.05) is 83.9 Å². The Labute approximate surface area is 321 Å². The molecule has 4 aromatic heterocycles. The SMILES string of the molecule is O=C(OCCCCCCOC(=O)c1cc2c3ccccc3n(Cc3cccc(Cl)c3)c2cn1)c1cc2c3ccccc3n(Cc3cccc(Cl)c3)c2cn1. The number of pyridine rings is 2. The van der Waals surface area contributed by atoms with Crippen LogP contribution in [0.3, 0.4) is 0 Å². The molecule has 0 N–H and O–H groups in total. The molecule has 0 bridgehead atoms. The molecule has 0 saturated heterocycles. The third-order valence-electron chi connectivity index (χ3n) is 9.70. The fraction of sp³-hybridized carbons (Fsp3) is 0.182. The van der Waals surface area contributed by atoms with Gasteiger partial charge in [-0.3, -0.25) is 0 Å². The molecule has 0 spiro atoms. The first-order valence-corrected chi connectivity index (χ1v) is 18.8. The van der Waals surface area contributed by atoms with Crippen LogP contribution in [0.15, 0.2) is 122 Å². The number of rotatable bonds is 13. The summed E-state index contributed by atoms with van der Waals surface area (Å²) in [5.41, 5.74) is 6.68. The van der Waals surface area contributed by atoms with Crippen LogP contribution in [-0.4, -0.2) is 44.3 Å². The number of carbonyl (C=O) groups excluding carboxylic acids is 2. The topological polar surface area (TPSA) is 88.2 Å². The lowest BCUT2D eigenvalue weighted by atomic mass is 10.1. The zero-order valence-electron chi connectivity index (χ0n) is 29.4. The van der Waals surface area contributed by atoms with E-state index in [0.29, 0.717) is 36.0 Å². The van der Waals surface area contributed by atoms with E-state index >= 15 is 0 Å². The van der Waals surface area contributed by atoms with Gasteiger partial charge in [-0.05, 0) is 85.3 Å². The Kier molecular flexibility index (Phi) is 10.3. The first-order valence-electron chi connectivity index (χ1n) is 18.0. The molecule has 0 amide bonds. The van der Waals surface area contributed by atoms with Crippen molar-refractivity contribution in [1.29, 1.82) is 0 Å². The van der Waals surface area contributed by atoms with Gasteiger partial charge in [0.25, 0.3) is 0 Å². The Morgan fingerprint density at radius 3 is 1.39 bits per heavy atom. The molecule has 4 aromatic carbocycles. The monoisotopic (exact) mass is 754 g/mol. The van der Waals surface area contributed by atoms with Crippen molar-refractivity contribution in [2.75, 3.05) is 13.2 Å². The summed E-state index contributed by atoms with van der Waals surface area (Å²) in [6.07, 6.45) is 6.52. The molecule has 0 aliphatic rings. The van der Waals surface area contributed by atoms with Gasteiger partial charge < -0.3 is 18.6 Å². The van der Waals surface area contributed by atoms with E-state index in [4.69, 9.17) is 32.7 Å². The summed E-state index contributed by atoms with van der Waals surface area (Å²) in [5.74, 6) is -0.899. The van der Waals surface area contributed by atoms with E-state index < -0.39 is 11.9 Å². The van der Waals surface area contributed by atoms with E-state index in [0.717, 1.165) is 67.6 Å². The van der Waals surface area contributed by atoms with Crippen molar-refractivity contribution in [3.05, 3.63) is 154 Å². The van der Waals surface area contributed by atoms with Crippen LogP contribution in [0.1, 0.15) is 57.8 Å². The largest absolute Gasteiger partial charge is 0.461 e. The Morgan fingerprint density at radius 1 is 0.500 bits per heavy atom. The van der Waals surface area contributed by atoms with Crippen molar-refractivity contribution in [3.63, 3.8) is 0 Å². The van der Waals surface area contributed by atoms with Gasteiger partial charge in [-0.15, -0.1) is 0 Å². The van der Waals surface area contributed by atoms with Gasteiger partial charge >= 0.3 is 11.9 Å². The molecule has 0 radical (unpaired) electrons. The first-order chi connectivity index (χ1) is 26.4. The van der Waals surface area contributed by atoms with Crippen LogP contribution in [0.25, 0.3) is 43.6 Å². The van der Waals surface area contributed by atoms with Gasteiger partial charge in [0.15, 0.2) is 0 Å². The number of carbonyl (C=O) groups is 2. The molecule has 0 saturated carbocycles. The molecule has 0 aliphatic heterocycles. The number of esters is 2. The number of fused-ring (bicyclic) bond motifs is 6. The average Bonchev–Trinajstić information content (AvgIpc) is 3.67. The molecule has 270 valence electrons. The molecular formula is C44H36Cl2N4O4. The molecule has 54 heavy (non-hydrogen) atoms. The molecule has 10 heteroatoms. The van der Waals surface area contributed by atoms with Gasteiger partial charge in [0.05, 0.1) is 36.6 Å². The normalized spacial score (nSPS) is 11.5. The summed E-state index contributed by atoms with van der Waals surface area (Å²) in [4.78, 5) is 34.9. The van der Waals surface area contributed by atoms with E-state index in [-0.39, 0.29) is 24.6 Å². The number of benzene rings is 4. The highest BCUT2D eigenvalue weighted by atomic mass is 35.5. The van der Waals surface area contributed by atoms with Crippen LogP contribution in [0.4, 0.5) is 0 Å². The Bertz CT molecular complexity index is 2480. The zero-order valence-corrected chi connectivity index (χ0v) is 30.9. The van der Waals surface area contributed by atoms with Gasteiger partial charge in [-0.25, -0.2) is 19.6 Å². The number of hydrogen-bond acceptors (Lipinski definition) is 6. The minimum absolute atomic E-state index is 0.275. The second-order valence-electron chi connectivity index (χ2n) is 13.3. The molecule has 0 atom stereocenters. The number of ether oxygens (including phenoxy) is 2. The van der Waals surface area contributed by atoms with Gasteiger partial charge in [0.2, 0.25) is 0 Å². The second-order valence-corrected chi connectivity index (χ2v) is 14.2. The number of halogens is 2. The highest BCUT2D eigenvalue weighted by Crippen LogP contribution is 2.32. The molecule has 0 unspecified atom stereocenters. The predicted octanol–water partition coefficient (Wildman–Crippen LogP) is 10.7. The molecule has 0 aliphatic carbocycles. The predicted molar refractivity (Wildman–Crippen MR) is 215 cm³/mol. The lowest BCUT2D eigenvalue weighted by Gasteiger charge is -2.09. The second kappa shape index (κ2) is 15.7. The Hall–Kier alpha value is -5.70. The highest BCUT2D eigenvalue weighted by Gasteiger charge is 2.18. The van der Waals surface area contributed by atoms with Crippen LogP contribution in [0.5, 0.6) is 0 Å². The fourth-order valence-electron chi connectivity index (χ4n) is 7.13. The van der Waals surface area contributed by atoms with Crippen LogP contribution in [0, 0.1) is 0 Å². The van der Waals surface area contributed by atoms with Crippen LogP contribution >= 0.6 is 23.2 Å². The molecule has 8 aromatic rings. The first kappa shape index (κ1) is 35.3. The van der Waals surface area contributed by atoms with E-state index in [2.05, 4.69) is 43.4 Å². The number of nitrogens with zero attached hydrogens (tertiary/aromatic N) is 4. The number of unbranched alkanes of at least 4 members (excludes halogenated alkanes) is 3. The average molecular weight is 756 g/mol.